The molecule has 0 fully saturated rings. The Morgan fingerprint density at radius 1 is 1.42 bits per heavy atom. The number of benzene rings is 1. The quantitative estimate of drug-likeness (QED) is 0.855. The number of aryl methyl sites for hydroxylation is 3. The zero-order valence-electron chi connectivity index (χ0n) is 11.2. The summed E-state index contributed by atoms with van der Waals surface area (Å²) in [5, 5.41) is 4.40. The molecule has 5 heteroatoms. The van der Waals surface area contributed by atoms with Crippen molar-refractivity contribution in [3.63, 3.8) is 0 Å². The van der Waals surface area contributed by atoms with Gasteiger partial charge in [-0.1, -0.05) is 6.92 Å². The van der Waals surface area contributed by atoms with Gasteiger partial charge in [0.15, 0.2) is 0 Å². The van der Waals surface area contributed by atoms with Gasteiger partial charge in [-0.3, -0.25) is 4.68 Å². The first kappa shape index (κ1) is 14.1. The van der Waals surface area contributed by atoms with Gasteiger partial charge >= 0.3 is 0 Å². The van der Waals surface area contributed by atoms with Crippen LogP contribution in [0.1, 0.15) is 23.9 Å². The molecule has 0 radical (unpaired) electrons. The molecule has 0 atom stereocenters. The molecule has 0 aliphatic rings. The highest BCUT2D eigenvalue weighted by Gasteiger charge is 2.13. The predicted molar refractivity (Wildman–Crippen MR) is 75.8 cm³/mol. The molecule has 2 rings (SSSR count). The van der Waals surface area contributed by atoms with Gasteiger partial charge in [0.2, 0.25) is 0 Å². The number of ether oxygens (including phenoxy) is 1. The van der Waals surface area contributed by atoms with Crippen LogP contribution in [-0.2, 0) is 20.1 Å². The van der Waals surface area contributed by atoms with Crippen molar-refractivity contribution < 1.29 is 9.13 Å². The fraction of sp³-hybridized carbons (Fsp3) is 0.357. The van der Waals surface area contributed by atoms with Gasteiger partial charge in [0, 0.05) is 7.05 Å². The van der Waals surface area contributed by atoms with Gasteiger partial charge in [-0.2, -0.15) is 5.10 Å². The fourth-order valence-corrected chi connectivity index (χ4v) is 2.57. The van der Waals surface area contributed by atoms with Crippen LogP contribution >= 0.6 is 15.9 Å². The smallest absolute Gasteiger partial charge is 0.131 e. The predicted octanol–water partition coefficient (Wildman–Crippen LogP) is 3.77. The van der Waals surface area contributed by atoms with Crippen molar-refractivity contribution in [2.45, 2.75) is 26.9 Å². The van der Waals surface area contributed by atoms with E-state index >= 15 is 0 Å². The molecule has 0 spiro atoms. The minimum Gasteiger partial charge on any atom is -0.487 e. The van der Waals surface area contributed by atoms with E-state index in [4.69, 9.17) is 4.74 Å². The van der Waals surface area contributed by atoms with E-state index in [0.29, 0.717) is 17.9 Å². The Kier molecular flexibility index (Phi) is 4.24. The summed E-state index contributed by atoms with van der Waals surface area (Å²) in [4.78, 5) is 0. The van der Waals surface area contributed by atoms with Crippen LogP contribution in [0.2, 0.25) is 0 Å². The second-order valence-electron chi connectivity index (χ2n) is 4.38. The second kappa shape index (κ2) is 5.74. The van der Waals surface area contributed by atoms with Crippen LogP contribution in [0.15, 0.2) is 22.7 Å². The summed E-state index contributed by atoms with van der Waals surface area (Å²) in [6.07, 6.45) is 0.865. The Morgan fingerprint density at radius 3 is 2.74 bits per heavy atom. The molecule has 2 aromatic rings. The zero-order valence-corrected chi connectivity index (χ0v) is 12.8. The summed E-state index contributed by atoms with van der Waals surface area (Å²) in [7, 11) is 1.89. The highest BCUT2D eigenvalue weighted by atomic mass is 79.9. The highest BCUT2D eigenvalue weighted by molar-refractivity contribution is 9.10. The molecule has 0 aliphatic heterocycles. The average Bonchev–Trinajstić information content (AvgIpc) is 2.66. The van der Waals surface area contributed by atoms with Crippen LogP contribution in [0.4, 0.5) is 4.39 Å². The molecule has 1 heterocycles. The van der Waals surface area contributed by atoms with Crippen LogP contribution in [0.3, 0.4) is 0 Å². The maximum Gasteiger partial charge on any atom is 0.131 e. The van der Waals surface area contributed by atoms with Crippen LogP contribution in [-0.4, -0.2) is 9.78 Å². The Labute approximate surface area is 120 Å². The van der Waals surface area contributed by atoms with Crippen LogP contribution in [0, 0.1) is 12.7 Å². The summed E-state index contributed by atoms with van der Waals surface area (Å²) < 4.78 is 21.6. The van der Waals surface area contributed by atoms with Crippen molar-refractivity contribution in [2.75, 3.05) is 0 Å². The van der Waals surface area contributed by atoms with Crippen LogP contribution < -0.4 is 4.74 Å². The summed E-state index contributed by atoms with van der Waals surface area (Å²) in [5.74, 6) is 0.437. The van der Waals surface area contributed by atoms with E-state index in [1.54, 1.807) is 23.7 Å². The summed E-state index contributed by atoms with van der Waals surface area (Å²) >= 11 is 3.54. The molecule has 0 saturated carbocycles. The summed E-state index contributed by atoms with van der Waals surface area (Å²) in [5.41, 5.74) is 2.56. The Bertz CT molecular complexity index is 595. The molecule has 102 valence electrons. The first-order chi connectivity index (χ1) is 9.02. The minimum atomic E-state index is -0.220. The van der Waals surface area contributed by atoms with E-state index in [2.05, 4.69) is 28.0 Å². The number of hydrogen-bond donors (Lipinski definition) is 0. The molecular weight excluding hydrogens is 311 g/mol. The maximum atomic E-state index is 13.2. The number of hydrogen-bond acceptors (Lipinski definition) is 2. The average molecular weight is 327 g/mol. The lowest BCUT2D eigenvalue weighted by molar-refractivity contribution is 0.293. The standard InChI is InChI=1S/C14H16BrFN2O/c1-4-12-14(15)13(18(3)17-12)8-19-10-5-6-11(16)9(2)7-10/h5-7H,4,8H2,1-3H3. The van der Waals surface area contributed by atoms with Gasteiger partial charge in [-0.05, 0) is 53.0 Å². The van der Waals surface area contributed by atoms with Crippen molar-refractivity contribution in [1.29, 1.82) is 0 Å². The molecule has 0 saturated heterocycles. The summed E-state index contributed by atoms with van der Waals surface area (Å²) in [6.45, 7) is 4.17. The lowest BCUT2D eigenvalue weighted by Gasteiger charge is -2.08. The Hall–Kier alpha value is -1.36. The lowest BCUT2D eigenvalue weighted by atomic mass is 10.2. The van der Waals surface area contributed by atoms with E-state index in [1.807, 2.05) is 7.05 Å². The molecule has 1 aromatic carbocycles. The first-order valence-corrected chi connectivity index (χ1v) is 6.91. The van der Waals surface area contributed by atoms with Gasteiger partial charge in [0.25, 0.3) is 0 Å². The molecule has 19 heavy (non-hydrogen) atoms. The minimum absolute atomic E-state index is 0.220. The van der Waals surface area contributed by atoms with Crippen LogP contribution in [0.5, 0.6) is 5.75 Å². The number of nitrogens with zero attached hydrogens (tertiary/aromatic N) is 2. The molecular formula is C14H16BrFN2O. The largest absolute Gasteiger partial charge is 0.487 e. The van der Waals surface area contributed by atoms with E-state index < -0.39 is 0 Å². The Balaban J connectivity index is 2.14. The van der Waals surface area contributed by atoms with Crippen molar-refractivity contribution in [2.24, 2.45) is 7.05 Å². The number of halogens is 2. The monoisotopic (exact) mass is 326 g/mol. The van der Waals surface area contributed by atoms with E-state index in [1.165, 1.54) is 6.07 Å². The van der Waals surface area contributed by atoms with E-state index in [-0.39, 0.29) is 5.82 Å². The topological polar surface area (TPSA) is 27.1 Å². The third-order valence-corrected chi connectivity index (χ3v) is 3.92. The number of rotatable bonds is 4. The first-order valence-electron chi connectivity index (χ1n) is 6.12. The third-order valence-electron chi connectivity index (χ3n) is 3.01. The van der Waals surface area contributed by atoms with Crippen molar-refractivity contribution in [1.82, 2.24) is 9.78 Å². The van der Waals surface area contributed by atoms with Gasteiger partial charge in [0.1, 0.15) is 18.2 Å². The summed E-state index contributed by atoms with van der Waals surface area (Å²) in [6, 6.07) is 4.74. The molecule has 1 aromatic heterocycles. The zero-order chi connectivity index (χ0) is 14.0. The van der Waals surface area contributed by atoms with Crippen molar-refractivity contribution >= 4 is 15.9 Å². The highest BCUT2D eigenvalue weighted by Crippen LogP contribution is 2.24. The van der Waals surface area contributed by atoms with Gasteiger partial charge < -0.3 is 4.74 Å². The molecule has 0 amide bonds. The van der Waals surface area contributed by atoms with Crippen molar-refractivity contribution in [3.05, 3.63) is 45.4 Å². The molecule has 0 bridgehead atoms. The third kappa shape index (κ3) is 2.97. The molecule has 3 nitrogen and oxygen atoms in total. The van der Waals surface area contributed by atoms with E-state index in [0.717, 1.165) is 22.3 Å². The number of aromatic nitrogens is 2. The Morgan fingerprint density at radius 2 is 2.16 bits per heavy atom. The van der Waals surface area contributed by atoms with E-state index in [9.17, 15) is 4.39 Å². The van der Waals surface area contributed by atoms with Crippen LogP contribution in [0.25, 0.3) is 0 Å². The molecule has 0 unspecified atom stereocenters. The molecule has 0 aliphatic carbocycles. The van der Waals surface area contributed by atoms with Gasteiger partial charge in [-0.25, -0.2) is 4.39 Å². The normalized spacial score (nSPS) is 10.8. The maximum absolute atomic E-state index is 13.2. The van der Waals surface area contributed by atoms with Gasteiger partial charge in [-0.15, -0.1) is 0 Å². The second-order valence-corrected chi connectivity index (χ2v) is 5.18. The molecule has 0 N–H and O–H groups in total. The lowest BCUT2D eigenvalue weighted by Crippen LogP contribution is -2.04. The SMILES string of the molecule is CCc1nn(C)c(COc2ccc(F)c(C)c2)c1Br. The van der Waals surface area contributed by atoms with Gasteiger partial charge in [0.05, 0.1) is 15.9 Å². The fourth-order valence-electron chi connectivity index (χ4n) is 1.84. The van der Waals surface area contributed by atoms with Crippen molar-refractivity contribution in [3.8, 4) is 5.75 Å².